The molecule has 2 aromatic carbocycles. The highest BCUT2D eigenvalue weighted by Crippen LogP contribution is 2.30. The van der Waals surface area contributed by atoms with Gasteiger partial charge in [-0.15, -0.1) is 0 Å². The largest absolute Gasteiger partial charge is 0.339 e. The van der Waals surface area contributed by atoms with E-state index < -0.39 is 10.0 Å². The SMILES string of the molecule is Cc1ccc(C(=O)N2CCC(c3ccc(C#N)cc3)CC2)cc1NS(=O)(=O)c1c(C)nn(C)c1C. The number of rotatable bonds is 5. The Morgan fingerprint density at radius 1 is 1.09 bits per heavy atom. The van der Waals surface area contributed by atoms with Gasteiger partial charge in [-0.05, 0) is 74.9 Å². The summed E-state index contributed by atoms with van der Waals surface area (Å²) in [6, 6.07) is 14.9. The Bertz CT molecular complexity index is 1410. The molecule has 1 amide bonds. The second-order valence-electron chi connectivity index (χ2n) is 9.06. The first kappa shape index (κ1) is 24.5. The third-order valence-corrected chi connectivity index (χ3v) is 8.35. The third-order valence-electron chi connectivity index (χ3n) is 6.73. The number of anilines is 1. The Balaban J connectivity index is 1.48. The lowest BCUT2D eigenvalue weighted by molar-refractivity contribution is 0.0713. The number of amides is 1. The summed E-state index contributed by atoms with van der Waals surface area (Å²) >= 11 is 0. The van der Waals surface area contributed by atoms with Crippen molar-refractivity contribution in [3.63, 3.8) is 0 Å². The van der Waals surface area contributed by atoms with E-state index in [-0.39, 0.29) is 10.8 Å². The van der Waals surface area contributed by atoms with E-state index in [1.165, 1.54) is 10.2 Å². The van der Waals surface area contributed by atoms with Crippen molar-refractivity contribution in [2.45, 2.75) is 44.4 Å². The summed E-state index contributed by atoms with van der Waals surface area (Å²) in [5.41, 5.74) is 4.35. The topological polar surface area (TPSA) is 108 Å². The second kappa shape index (κ2) is 9.55. The number of aryl methyl sites for hydroxylation is 3. The van der Waals surface area contributed by atoms with Crippen LogP contribution in [0, 0.1) is 32.1 Å². The van der Waals surface area contributed by atoms with E-state index in [4.69, 9.17) is 5.26 Å². The maximum atomic E-state index is 13.2. The van der Waals surface area contributed by atoms with Crippen LogP contribution in [0.2, 0.25) is 0 Å². The van der Waals surface area contributed by atoms with Crippen LogP contribution in [0.1, 0.15) is 57.2 Å². The molecule has 0 spiro atoms. The van der Waals surface area contributed by atoms with Crippen molar-refractivity contribution in [2.24, 2.45) is 7.05 Å². The molecule has 35 heavy (non-hydrogen) atoms. The van der Waals surface area contributed by atoms with Gasteiger partial charge in [0.15, 0.2) is 0 Å². The highest BCUT2D eigenvalue weighted by atomic mass is 32.2. The van der Waals surface area contributed by atoms with E-state index in [2.05, 4.69) is 15.9 Å². The van der Waals surface area contributed by atoms with Crippen molar-refractivity contribution in [1.29, 1.82) is 5.26 Å². The molecule has 9 heteroatoms. The van der Waals surface area contributed by atoms with Crippen molar-refractivity contribution in [3.8, 4) is 6.07 Å². The number of nitrogens with one attached hydrogen (secondary N) is 1. The second-order valence-corrected chi connectivity index (χ2v) is 10.7. The number of carbonyl (C=O) groups excluding carboxylic acids is 1. The number of aromatic nitrogens is 2. The molecule has 3 aromatic rings. The van der Waals surface area contributed by atoms with Gasteiger partial charge in [-0.1, -0.05) is 18.2 Å². The van der Waals surface area contributed by atoms with Crippen LogP contribution in [0.15, 0.2) is 47.4 Å². The summed E-state index contributed by atoms with van der Waals surface area (Å²) < 4.78 is 30.4. The lowest BCUT2D eigenvalue weighted by Crippen LogP contribution is -2.38. The van der Waals surface area contributed by atoms with Crippen LogP contribution in [-0.4, -0.2) is 42.1 Å². The molecule has 1 aliphatic rings. The summed E-state index contributed by atoms with van der Waals surface area (Å²) in [5.74, 6) is 0.232. The number of benzene rings is 2. The predicted molar refractivity (Wildman–Crippen MR) is 134 cm³/mol. The fraction of sp³-hybridized carbons (Fsp3) is 0.346. The zero-order valence-electron chi connectivity index (χ0n) is 20.4. The number of carbonyl (C=O) groups is 1. The number of hydrogen-bond donors (Lipinski definition) is 1. The molecule has 182 valence electrons. The van der Waals surface area contributed by atoms with Crippen LogP contribution in [0.4, 0.5) is 5.69 Å². The Labute approximate surface area is 206 Å². The molecule has 1 N–H and O–H groups in total. The first-order valence-electron chi connectivity index (χ1n) is 11.5. The van der Waals surface area contributed by atoms with Crippen molar-refractivity contribution >= 4 is 21.6 Å². The van der Waals surface area contributed by atoms with E-state index >= 15 is 0 Å². The van der Waals surface area contributed by atoms with Gasteiger partial charge >= 0.3 is 0 Å². The van der Waals surface area contributed by atoms with Crippen molar-refractivity contribution in [1.82, 2.24) is 14.7 Å². The molecule has 0 atom stereocenters. The molecule has 2 heterocycles. The average Bonchev–Trinajstić information content (AvgIpc) is 3.11. The van der Waals surface area contributed by atoms with Gasteiger partial charge in [-0.2, -0.15) is 10.4 Å². The molecule has 0 bridgehead atoms. The maximum Gasteiger partial charge on any atom is 0.265 e. The number of sulfonamides is 1. The van der Waals surface area contributed by atoms with Gasteiger partial charge < -0.3 is 4.90 Å². The predicted octanol–water partition coefficient (Wildman–Crippen LogP) is 4.04. The van der Waals surface area contributed by atoms with E-state index in [1.54, 1.807) is 46.0 Å². The normalized spacial score (nSPS) is 14.5. The van der Waals surface area contributed by atoms with Gasteiger partial charge in [0.05, 0.1) is 28.7 Å². The minimum absolute atomic E-state index is 0.113. The minimum Gasteiger partial charge on any atom is -0.339 e. The summed E-state index contributed by atoms with van der Waals surface area (Å²) in [6.07, 6.45) is 1.67. The Morgan fingerprint density at radius 2 is 1.74 bits per heavy atom. The fourth-order valence-electron chi connectivity index (χ4n) is 4.63. The maximum absolute atomic E-state index is 13.2. The van der Waals surface area contributed by atoms with Gasteiger partial charge in [0.2, 0.25) is 0 Å². The first-order valence-corrected chi connectivity index (χ1v) is 13.0. The zero-order valence-corrected chi connectivity index (χ0v) is 21.2. The monoisotopic (exact) mass is 491 g/mol. The third kappa shape index (κ3) is 4.93. The Kier molecular flexibility index (Phi) is 6.68. The molecule has 1 aromatic heterocycles. The van der Waals surface area contributed by atoms with Crippen molar-refractivity contribution in [3.05, 3.63) is 76.1 Å². The van der Waals surface area contributed by atoms with Crippen molar-refractivity contribution < 1.29 is 13.2 Å². The number of likely N-dealkylation sites (tertiary alicyclic amines) is 1. The number of piperidine rings is 1. The summed E-state index contributed by atoms with van der Waals surface area (Å²) in [4.78, 5) is 15.2. The molecule has 0 saturated carbocycles. The van der Waals surface area contributed by atoms with Gasteiger partial charge in [-0.25, -0.2) is 8.42 Å². The van der Waals surface area contributed by atoms with Crippen LogP contribution in [0.3, 0.4) is 0 Å². The molecule has 0 radical (unpaired) electrons. The van der Waals surface area contributed by atoms with Gasteiger partial charge in [0, 0.05) is 25.7 Å². The molecular weight excluding hydrogens is 462 g/mol. The molecule has 1 saturated heterocycles. The Hall–Kier alpha value is -3.64. The van der Waals surface area contributed by atoms with Crippen LogP contribution in [0.5, 0.6) is 0 Å². The molecule has 4 rings (SSSR count). The highest BCUT2D eigenvalue weighted by molar-refractivity contribution is 7.92. The van der Waals surface area contributed by atoms with Gasteiger partial charge in [0.1, 0.15) is 4.90 Å². The summed E-state index contributed by atoms with van der Waals surface area (Å²) in [5, 5.41) is 13.2. The van der Waals surface area contributed by atoms with E-state index in [0.717, 1.165) is 18.4 Å². The minimum atomic E-state index is -3.87. The zero-order chi connectivity index (χ0) is 25.3. The van der Waals surface area contributed by atoms with Crippen LogP contribution in [0.25, 0.3) is 0 Å². The van der Waals surface area contributed by atoms with Gasteiger partial charge in [-0.3, -0.25) is 14.2 Å². The quantitative estimate of drug-likeness (QED) is 0.580. The van der Waals surface area contributed by atoms with Gasteiger partial charge in [0.25, 0.3) is 15.9 Å². The van der Waals surface area contributed by atoms with E-state index in [1.807, 2.05) is 29.2 Å². The van der Waals surface area contributed by atoms with E-state index in [9.17, 15) is 13.2 Å². The summed E-state index contributed by atoms with van der Waals surface area (Å²) in [7, 11) is -2.16. The van der Waals surface area contributed by atoms with E-state index in [0.29, 0.717) is 47.2 Å². The van der Waals surface area contributed by atoms with Crippen LogP contribution in [-0.2, 0) is 17.1 Å². The fourth-order valence-corrected chi connectivity index (χ4v) is 6.19. The molecule has 0 unspecified atom stereocenters. The van der Waals surface area contributed by atoms with Crippen LogP contribution >= 0.6 is 0 Å². The lowest BCUT2D eigenvalue weighted by Gasteiger charge is -2.32. The van der Waals surface area contributed by atoms with Crippen LogP contribution < -0.4 is 4.72 Å². The molecular formula is C26H29N5O3S. The molecule has 0 aliphatic carbocycles. The first-order chi connectivity index (χ1) is 16.6. The average molecular weight is 492 g/mol. The van der Waals surface area contributed by atoms with Crippen molar-refractivity contribution in [2.75, 3.05) is 17.8 Å². The Morgan fingerprint density at radius 3 is 2.31 bits per heavy atom. The molecule has 1 aliphatic heterocycles. The molecule has 1 fully saturated rings. The number of hydrogen-bond acceptors (Lipinski definition) is 5. The smallest absolute Gasteiger partial charge is 0.265 e. The summed E-state index contributed by atoms with van der Waals surface area (Å²) in [6.45, 7) is 6.41. The number of nitriles is 1. The standard InChI is InChI=1S/C26H29N5O3S/c1-17-5-8-23(15-24(17)29-35(33,34)25-18(2)28-30(4)19(25)3)26(32)31-13-11-22(12-14-31)21-9-6-20(16-27)7-10-21/h5-10,15,22,29H,11-14H2,1-4H3. The highest BCUT2D eigenvalue weighted by Gasteiger charge is 2.27. The molecule has 8 nitrogen and oxygen atoms in total. The number of nitrogens with zero attached hydrogens (tertiary/aromatic N) is 4. The lowest BCUT2D eigenvalue weighted by atomic mass is 9.89.